The maximum atomic E-state index is 11.8. The van der Waals surface area contributed by atoms with E-state index >= 15 is 0 Å². The van der Waals surface area contributed by atoms with Gasteiger partial charge in [-0.2, -0.15) is 12.6 Å². The van der Waals surface area contributed by atoms with E-state index in [2.05, 4.69) is 33.9 Å². The van der Waals surface area contributed by atoms with E-state index in [0.29, 0.717) is 0 Å². The molecule has 0 atom stereocenters. The van der Waals surface area contributed by atoms with Gasteiger partial charge < -0.3 is 4.74 Å². The molecule has 0 bridgehead atoms. The highest BCUT2D eigenvalue weighted by Crippen LogP contribution is 2.23. The van der Waals surface area contributed by atoms with Crippen molar-refractivity contribution in [2.24, 2.45) is 0 Å². The van der Waals surface area contributed by atoms with Crippen molar-refractivity contribution < 1.29 is 9.53 Å². The zero-order chi connectivity index (χ0) is 14.5. The third kappa shape index (κ3) is 6.34. The normalized spacial score (nSPS) is 11.2. The van der Waals surface area contributed by atoms with Gasteiger partial charge in [-0.05, 0) is 57.1 Å². The molecule has 0 aliphatic rings. The molecular formula is C14H20BrNO2S. The maximum absolute atomic E-state index is 11.8. The molecule has 5 heteroatoms. The van der Waals surface area contributed by atoms with Crippen LogP contribution in [0.25, 0.3) is 0 Å². The number of carbonyl (C=O) groups is 1. The average Bonchev–Trinajstić information content (AvgIpc) is 2.25. The first-order chi connectivity index (χ1) is 8.81. The number of ether oxygens (including phenoxy) is 1. The van der Waals surface area contributed by atoms with E-state index in [0.717, 1.165) is 34.3 Å². The fourth-order valence-corrected chi connectivity index (χ4v) is 2.09. The van der Waals surface area contributed by atoms with E-state index < -0.39 is 11.7 Å². The van der Waals surface area contributed by atoms with Crippen LogP contribution in [0.2, 0.25) is 0 Å². The Morgan fingerprint density at radius 3 is 2.68 bits per heavy atom. The zero-order valence-electron chi connectivity index (χ0n) is 11.5. The summed E-state index contributed by atoms with van der Waals surface area (Å²) in [6.07, 6.45) is 1.41. The van der Waals surface area contributed by atoms with Crippen molar-refractivity contribution in [3.63, 3.8) is 0 Å². The fourth-order valence-electron chi connectivity index (χ4n) is 1.57. The number of rotatable bonds is 4. The van der Waals surface area contributed by atoms with Crippen LogP contribution in [0.3, 0.4) is 0 Å². The number of hydrogen-bond donors (Lipinski definition) is 2. The third-order valence-corrected chi connectivity index (χ3v) is 3.12. The molecule has 106 valence electrons. The predicted molar refractivity (Wildman–Crippen MR) is 86.2 cm³/mol. The Hall–Kier alpha value is -0.680. The summed E-state index contributed by atoms with van der Waals surface area (Å²) in [6, 6.07) is 5.85. The van der Waals surface area contributed by atoms with Crippen molar-refractivity contribution >= 4 is 40.3 Å². The monoisotopic (exact) mass is 345 g/mol. The quantitative estimate of drug-likeness (QED) is 0.779. The van der Waals surface area contributed by atoms with Gasteiger partial charge in [0.2, 0.25) is 0 Å². The number of amides is 1. The lowest BCUT2D eigenvalue weighted by molar-refractivity contribution is 0.0636. The van der Waals surface area contributed by atoms with Crippen molar-refractivity contribution in [3.05, 3.63) is 28.2 Å². The highest BCUT2D eigenvalue weighted by Gasteiger charge is 2.17. The number of thiol groups is 1. The molecule has 3 nitrogen and oxygen atoms in total. The summed E-state index contributed by atoms with van der Waals surface area (Å²) in [4.78, 5) is 11.8. The number of hydrogen-bond acceptors (Lipinski definition) is 3. The Balaban J connectivity index is 2.80. The molecule has 0 aliphatic heterocycles. The Bertz CT molecular complexity index is 444. The summed E-state index contributed by atoms with van der Waals surface area (Å²) >= 11 is 7.62. The van der Waals surface area contributed by atoms with Gasteiger partial charge in [0.1, 0.15) is 5.60 Å². The average molecular weight is 346 g/mol. The highest BCUT2D eigenvalue weighted by molar-refractivity contribution is 9.10. The molecule has 0 aliphatic carbocycles. The van der Waals surface area contributed by atoms with E-state index in [1.807, 2.05) is 39.0 Å². The molecule has 1 N–H and O–H groups in total. The van der Waals surface area contributed by atoms with Crippen molar-refractivity contribution in [3.8, 4) is 0 Å². The molecule has 0 unspecified atom stereocenters. The number of aryl methyl sites for hydroxylation is 1. The number of carbonyl (C=O) groups excluding carboxylic acids is 1. The van der Waals surface area contributed by atoms with Gasteiger partial charge in [-0.3, -0.25) is 5.32 Å². The second kappa shape index (κ2) is 7.20. The van der Waals surface area contributed by atoms with Gasteiger partial charge in [-0.25, -0.2) is 4.79 Å². The highest BCUT2D eigenvalue weighted by atomic mass is 79.9. The predicted octanol–water partition coefficient (Wildman–Crippen LogP) is 4.66. The Kier molecular flexibility index (Phi) is 6.20. The minimum absolute atomic E-state index is 0.433. The molecule has 0 spiro atoms. The van der Waals surface area contributed by atoms with Gasteiger partial charge in [0.15, 0.2) is 0 Å². The summed E-state index contributed by atoms with van der Waals surface area (Å²) < 4.78 is 6.18. The van der Waals surface area contributed by atoms with Gasteiger partial charge in [0, 0.05) is 10.2 Å². The number of benzene rings is 1. The first-order valence-electron chi connectivity index (χ1n) is 6.21. The molecule has 0 fully saturated rings. The smallest absolute Gasteiger partial charge is 0.412 e. The van der Waals surface area contributed by atoms with Gasteiger partial charge in [0.25, 0.3) is 0 Å². The number of nitrogens with one attached hydrogen (secondary N) is 1. The van der Waals surface area contributed by atoms with E-state index in [4.69, 9.17) is 4.74 Å². The second-order valence-corrected chi connectivity index (χ2v) is 6.62. The molecule has 1 aromatic carbocycles. The van der Waals surface area contributed by atoms with Gasteiger partial charge in [0.05, 0.1) is 0 Å². The van der Waals surface area contributed by atoms with Gasteiger partial charge in [-0.15, -0.1) is 0 Å². The van der Waals surface area contributed by atoms with Crippen LogP contribution in [0, 0.1) is 0 Å². The Labute approximate surface area is 128 Å². The van der Waals surface area contributed by atoms with E-state index in [-0.39, 0.29) is 0 Å². The minimum Gasteiger partial charge on any atom is -0.444 e. The van der Waals surface area contributed by atoms with E-state index in [9.17, 15) is 4.79 Å². The van der Waals surface area contributed by atoms with Gasteiger partial charge >= 0.3 is 6.09 Å². The standard InChI is InChI=1S/C14H20BrNO2S/c1-14(2,3)18-13(17)16-12-9-11(15)7-6-10(12)5-4-8-19/h6-7,9,19H,4-5,8H2,1-3H3,(H,16,17). The van der Waals surface area contributed by atoms with Crippen molar-refractivity contribution in [1.29, 1.82) is 0 Å². The first kappa shape index (κ1) is 16.4. The summed E-state index contributed by atoms with van der Waals surface area (Å²) in [7, 11) is 0. The summed E-state index contributed by atoms with van der Waals surface area (Å²) in [5.74, 6) is 0.821. The lowest BCUT2D eigenvalue weighted by Crippen LogP contribution is -2.27. The topological polar surface area (TPSA) is 38.3 Å². The molecule has 0 radical (unpaired) electrons. The molecule has 0 aromatic heterocycles. The van der Waals surface area contributed by atoms with Crippen molar-refractivity contribution in [2.45, 2.75) is 39.2 Å². The molecule has 0 saturated carbocycles. The van der Waals surface area contributed by atoms with Crippen LogP contribution in [0.15, 0.2) is 22.7 Å². The fraction of sp³-hybridized carbons (Fsp3) is 0.500. The lowest BCUT2D eigenvalue weighted by Gasteiger charge is -2.20. The van der Waals surface area contributed by atoms with E-state index in [1.54, 1.807) is 0 Å². The first-order valence-corrected chi connectivity index (χ1v) is 7.63. The molecular weight excluding hydrogens is 326 g/mol. The summed E-state index contributed by atoms with van der Waals surface area (Å²) in [6.45, 7) is 5.53. The second-order valence-electron chi connectivity index (χ2n) is 5.26. The largest absolute Gasteiger partial charge is 0.444 e. The molecule has 1 rings (SSSR count). The molecule has 0 saturated heterocycles. The van der Waals surface area contributed by atoms with Crippen molar-refractivity contribution in [2.75, 3.05) is 11.1 Å². The Morgan fingerprint density at radius 2 is 2.11 bits per heavy atom. The zero-order valence-corrected chi connectivity index (χ0v) is 14.0. The van der Waals surface area contributed by atoms with Crippen LogP contribution in [0.1, 0.15) is 32.8 Å². The van der Waals surface area contributed by atoms with Crippen LogP contribution < -0.4 is 5.32 Å². The SMILES string of the molecule is CC(C)(C)OC(=O)Nc1cc(Br)ccc1CCCS. The van der Waals surface area contributed by atoms with Crippen LogP contribution >= 0.6 is 28.6 Å². The summed E-state index contributed by atoms with van der Waals surface area (Å²) in [5.41, 5.74) is 1.37. The lowest BCUT2D eigenvalue weighted by atomic mass is 10.1. The van der Waals surface area contributed by atoms with Crippen LogP contribution in [0.5, 0.6) is 0 Å². The van der Waals surface area contributed by atoms with E-state index in [1.165, 1.54) is 0 Å². The van der Waals surface area contributed by atoms with Crippen LogP contribution in [-0.2, 0) is 11.2 Å². The molecule has 19 heavy (non-hydrogen) atoms. The Morgan fingerprint density at radius 1 is 1.42 bits per heavy atom. The third-order valence-electron chi connectivity index (χ3n) is 2.31. The molecule has 1 aromatic rings. The van der Waals surface area contributed by atoms with Gasteiger partial charge in [-0.1, -0.05) is 22.0 Å². The molecule has 1 amide bonds. The number of anilines is 1. The van der Waals surface area contributed by atoms with Crippen molar-refractivity contribution in [1.82, 2.24) is 0 Å². The van der Waals surface area contributed by atoms with Crippen LogP contribution in [0.4, 0.5) is 10.5 Å². The number of halogens is 1. The van der Waals surface area contributed by atoms with Crippen LogP contribution in [-0.4, -0.2) is 17.4 Å². The minimum atomic E-state index is -0.499. The molecule has 0 heterocycles. The maximum Gasteiger partial charge on any atom is 0.412 e. The summed E-state index contributed by atoms with van der Waals surface area (Å²) in [5, 5.41) is 2.80.